The van der Waals surface area contributed by atoms with Crippen LogP contribution >= 0.6 is 0 Å². The Kier molecular flexibility index (Phi) is 16.0. The van der Waals surface area contributed by atoms with Crippen LogP contribution in [0.5, 0.6) is 23.0 Å². The van der Waals surface area contributed by atoms with E-state index in [9.17, 15) is 9.59 Å². The van der Waals surface area contributed by atoms with Crippen LogP contribution in [0.2, 0.25) is 0 Å². The highest BCUT2D eigenvalue weighted by atomic mass is 16.5. The summed E-state index contributed by atoms with van der Waals surface area (Å²) in [5.41, 5.74) is 2.48. The first-order valence-corrected chi connectivity index (χ1v) is 17.5. The van der Waals surface area contributed by atoms with Crippen molar-refractivity contribution in [3.8, 4) is 23.0 Å². The Morgan fingerprint density at radius 3 is 1.70 bits per heavy atom. The number of allylic oxidation sites excluding steroid dienone is 1. The molecule has 3 aliphatic rings. The molecule has 2 aromatic rings. The predicted molar refractivity (Wildman–Crippen MR) is 186 cm³/mol. The molecule has 0 N–H and O–H groups in total. The number of aldehydes is 1. The third kappa shape index (κ3) is 10.8. The highest BCUT2D eigenvalue weighted by Gasteiger charge is 2.36. The Hall–Kier alpha value is -3.48. The molecule has 2 aromatic carbocycles. The molecule has 0 aliphatic carbocycles. The van der Waals surface area contributed by atoms with E-state index >= 15 is 0 Å². The number of nitrogens with zero attached hydrogens (tertiary/aromatic N) is 1. The van der Waals surface area contributed by atoms with Crippen LogP contribution in [0.3, 0.4) is 0 Å². The zero-order chi connectivity index (χ0) is 33.3. The number of Topliss-reactive ketones (excluding diaryl/α,β-unsaturated/α-hetero) is 1. The van der Waals surface area contributed by atoms with Gasteiger partial charge in [0.05, 0.1) is 33.1 Å². The molecule has 0 amide bonds. The van der Waals surface area contributed by atoms with Crippen LogP contribution in [0.1, 0.15) is 108 Å². The van der Waals surface area contributed by atoms with Gasteiger partial charge >= 0.3 is 0 Å². The minimum atomic E-state index is 0.221. The molecule has 2 bridgehead atoms. The summed E-state index contributed by atoms with van der Waals surface area (Å²) in [6.07, 6.45) is 14.4. The van der Waals surface area contributed by atoms with Crippen molar-refractivity contribution in [2.45, 2.75) is 91.9 Å². The van der Waals surface area contributed by atoms with Gasteiger partial charge < -0.3 is 23.8 Å². The minimum absolute atomic E-state index is 0.221. The van der Waals surface area contributed by atoms with E-state index in [1.807, 2.05) is 24.3 Å². The molecular weight excluding hydrogens is 578 g/mol. The van der Waals surface area contributed by atoms with Crippen molar-refractivity contribution >= 4 is 18.1 Å². The molecule has 3 heterocycles. The second-order valence-corrected chi connectivity index (χ2v) is 12.5. The van der Waals surface area contributed by atoms with Gasteiger partial charge in [-0.05, 0) is 79.5 Å². The summed E-state index contributed by atoms with van der Waals surface area (Å²) in [5, 5.41) is 0. The van der Waals surface area contributed by atoms with E-state index in [0.717, 1.165) is 67.8 Å². The number of unbranched alkanes of at least 4 members (excludes halogenated alkanes) is 2. The van der Waals surface area contributed by atoms with Crippen molar-refractivity contribution in [3.05, 3.63) is 53.2 Å². The topological polar surface area (TPSA) is 74.3 Å². The summed E-state index contributed by atoms with van der Waals surface area (Å²) < 4.78 is 22.7. The molecule has 254 valence electrons. The molecule has 0 spiro atoms. The first kappa shape index (κ1) is 37.0. The smallest absolute Gasteiger partial charge is 0.182 e. The van der Waals surface area contributed by atoms with E-state index < -0.39 is 0 Å². The number of rotatable bonds is 18. The number of ether oxygens (including phenoxy) is 4. The number of ketones is 1. The van der Waals surface area contributed by atoms with Crippen LogP contribution in [0.4, 0.5) is 0 Å². The van der Waals surface area contributed by atoms with Gasteiger partial charge in [-0.15, -0.1) is 0 Å². The first-order chi connectivity index (χ1) is 22.4. The average Bonchev–Trinajstić information content (AvgIpc) is 3.10. The second-order valence-electron chi connectivity index (χ2n) is 12.5. The molecule has 7 heteroatoms. The van der Waals surface area contributed by atoms with Crippen molar-refractivity contribution in [1.29, 1.82) is 0 Å². The number of carbonyl (C=O) groups is 2. The molecule has 5 rings (SSSR count). The lowest BCUT2D eigenvalue weighted by molar-refractivity contribution is -0.125. The summed E-state index contributed by atoms with van der Waals surface area (Å²) in [7, 11) is 3.28. The van der Waals surface area contributed by atoms with E-state index in [1.165, 1.54) is 38.5 Å². The van der Waals surface area contributed by atoms with Crippen LogP contribution < -0.4 is 18.9 Å². The van der Waals surface area contributed by atoms with Gasteiger partial charge in [0.25, 0.3) is 0 Å². The molecule has 3 fully saturated rings. The highest BCUT2D eigenvalue weighted by molar-refractivity contribution is 6.02. The summed E-state index contributed by atoms with van der Waals surface area (Å²) in [4.78, 5) is 25.6. The minimum Gasteiger partial charge on any atom is -0.493 e. The molecular formula is C39H57NO6. The van der Waals surface area contributed by atoms with Gasteiger partial charge in [-0.25, -0.2) is 0 Å². The number of benzene rings is 2. The first-order valence-electron chi connectivity index (χ1n) is 17.5. The molecule has 3 saturated heterocycles. The molecule has 3 aliphatic heterocycles. The van der Waals surface area contributed by atoms with Crippen LogP contribution in [-0.4, -0.2) is 57.5 Å². The number of hydrogen-bond donors (Lipinski definition) is 0. The largest absolute Gasteiger partial charge is 0.493 e. The normalized spacial score (nSPS) is 16.4. The Morgan fingerprint density at radius 2 is 1.26 bits per heavy atom. The van der Waals surface area contributed by atoms with Gasteiger partial charge in [-0.3, -0.25) is 9.59 Å². The summed E-state index contributed by atoms with van der Waals surface area (Å²) in [5.74, 6) is 4.50. The fourth-order valence-corrected chi connectivity index (χ4v) is 6.05. The van der Waals surface area contributed by atoms with E-state index in [-0.39, 0.29) is 5.92 Å². The molecule has 46 heavy (non-hydrogen) atoms. The van der Waals surface area contributed by atoms with Crippen molar-refractivity contribution in [2.24, 2.45) is 17.8 Å². The van der Waals surface area contributed by atoms with Gasteiger partial charge in [0.2, 0.25) is 0 Å². The van der Waals surface area contributed by atoms with Gasteiger partial charge in [0.15, 0.2) is 28.8 Å². The van der Waals surface area contributed by atoms with Gasteiger partial charge in [-0.2, -0.15) is 0 Å². The van der Waals surface area contributed by atoms with Crippen molar-refractivity contribution in [2.75, 3.05) is 40.5 Å². The van der Waals surface area contributed by atoms with Crippen LogP contribution in [0.15, 0.2) is 42.1 Å². The van der Waals surface area contributed by atoms with E-state index in [2.05, 4.69) is 32.6 Å². The molecule has 2 atom stereocenters. The fourth-order valence-electron chi connectivity index (χ4n) is 6.05. The summed E-state index contributed by atoms with van der Waals surface area (Å²) in [6.45, 7) is 12.2. The number of fused-ring (bicyclic) bond motifs is 3. The van der Waals surface area contributed by atoms with Crippen molar-refractivity contribution < 1.29 is 28.5 Å². The molecule has 0 radical (unpaired) electrons. The molecule has 2 unspecified atom stereocenters. The van der Waals surface area contributed by atoms with Crippen LogP contribution in [-0.2, 0) is 4.79 Å². The Labute approximate surface area is 277 Å². The Morgan fingerprint density at radius 1 is 0.761 bits per heavy atom. The van der Waals surface area contributed by atoms with Crippen molar-refractivity contribution in [1.82, 2.24) is 4.90 Å². The zero-order valence-corrected chi connectivity index (χ0v) is 29.1. The van der Waals surface area contributed by atoms with Crippen LogP contribution in [0.25, 0.3) is 6.08 Å². The van der Waals surface area contributed by atoms with E-state index in [4.69, 9.17) is 18.9 Å². The second kappa shape index (κ2) is 19.9. The number of methoxy groups -OCH3 is 2. The zero-order valence-electron chi connectivity index (χ0n) is 29.1. The highest BCUT2D eigenvalue weighted by Crippen LogP contribution is 2.35. The van der Waals surface area contributed by atoms with Gasteiger partial charge in [0.1, 0.15) is 6.29 Å². The SMILES string of the molecule is CCCCC(CC)COc1cc(C=C2C(=O)C3CCN2CC3)ccc1OC.CCCCC(CC)COc1cc(C=O)ccc1OC. The lowest BCUT2D eigenvalue weighted by atomic mass is 9.84. The predicted octanol–water partition coefficient (Wildman–Crippen LogP) is 9.03. The standard InChI is InChI=1S/C23H33NO3.C16H24O3/c1-4-6-7-17(5-2)16-27-22-15-18(8-9-21(22)26-3)14-20-23(25)19-10-12-24(20)13-11-19;1-4-6-7-13(5-2)12-19-16-10-14(11-17)8-9-15(16)18-3/h8-9,14-15,17,19H,4-7,10-13,16H2,1-3H3;8-11,13H,4-7,12H2,1-3H3. The van der Waals surface area contributed by atoms with E-state index in [0.29, 0.717) is 47.9 Å². The maximum Gasteiger partial charge on any atom is 0.182 e. The third-order valence-electron chi connectivity index (χ3n) is 9.31. The third-order valence-corrected chi connectivity index (χ3v) is 9.31. The number of piperidine rings is 3. The summed E-state index contributed by atoms with van der Waals surface area (Å²) >= 11 is 0. The number of carbonyl (C=O) groups excluding carboxylic acids is 2. The van der Waals surface area contributed by atoms with Crippen LogP contribution in [0, 0.1) is 17.8 Å². The maximum atomic E-state index is 12.6. The monoisotopic (exact) mass is 635 g/mol. The van der Waals surface area contributed by atoms with E-state index in [1.54, 1.807) is 32.4 Å². The molecule has 7 nitrogen and oxygen atoms in total. The Bertz CT molecular complexity index is 1250. The molecule has 0 saturated carbocycles. The Balaban J connectivity index is 0.000000268. The van der Waals surface area contributed by atoms with Crippen molar-refractivity contribution in [3.63, 3.8) is 0 Å². The maximum absolute atomic E-state index is 12.6. The quantitative estimate of drug-likeness (QED) is 0.120. The lowest BCUT2D eigenvalue weighted by Crippen LogP contribution is -2.45. The lowest BCUT2D eigenvalue weighted by Gasteiger charge is -2.41. The van der Waals surface area contributed by atoms with Gasteiger partial charge in [0, 0.05) is 24.6 Å². The average molecular weight is 636 g/mol. The summed E-state index contributed by atoms with van der Waals surface area (Å²) in [6, 6.07) is 11.2. The molecule has 0 aromatic heterocycles. The number of hydrogen-bond acceptors (Lipinski definition) is 7. The fraction of sp³-hybridized carbons (Fsp3) is 0.590. The van der Waals surface area contributed by atoms with Gasteiger partial charge in [-0.1, -0.05) is 72.3 Å².